The summed E-state index contributed by atoms with van der Waals surface area (Å²) >= 11 is 12.1. The molecule has 2 aromatic rings. The number of benzene rings is 2. The molecule has 0 heterocycles. The van der Waals surface area contributed by atoms with E-state index in [-0.39, 0.29) is 4.90 Å². The van der Waals surface area contributed by atoms with Crippen LogP contribution in [-0.2, 0) is 16.4 Å². The molecule has 0 saturated heterocycles. The molecule has 4 nitrogen and oxygen atoms in total. The van der Waals surface area contributed by atoms with Gasteiger partial charge in [0.05, 0.1) is 4.90 Å². The van der Waals surface area contributed by atoms with E-state index in [1.165, 1.54) is 0 Å². The predicted octanol–water partition coefficient (Wildman–Crippen LogP) is 4.86. The summed E-state index contributed by atoms with van der Waals surface area (Å²) in [6.07, 6.45) is -3.74. The number of rotatable bonds is 4. The van der Waals surface area contributed by atoms with Crippen molar-refractivity contribution in [3.8, 4) is 5.75 Å². The summed E-state index contributed by atoms with van der Waals surface area (Å²) in [5, 5.41) is 0.872. The van der Waals surface area contributed by atoms with Gasteiger partial charge >= 0.3 is 6.36 Å². The Hall–Kier alpha value is -1.48. The van der Waals surface area contributed by atoms with E-state index in [9.17, 15) is 21.6 Å². The molecule has 0 radical (unpaired) electrons. The first-order valence-electron chi connectivity index (χ1n) is 7.41. The first-order valence-corrected chi connectivity index (χ1v) is 9.65. The summed E-state index contributed by atoms with van der Waals surface area (Å²) in [5.74, 6) is -0.499. The highest BCUT2D eigenvalue weighted by Gasteiger charge is 2.32. The lowest BCUT2D eigenvalue weighted by Crippen LogP contribution is -2.27. The third-order valence-corrected chi connectivity index (χ3v) is 5.96. The van der Waals surface area contributed by atoms with E-state index in [1.807, 2.05) is 0 Å². The smallest absolute Gasteiger partial charge is 0.406 e. The molecule has 2 aromatic carbocycles. The van der Waals surface area contributed by atoms with Crippen LogP contribution in [-0.4, -0.2) is 14.8 Å². The molecule has 1 aliphatic carbocycles. The lowest BCUT2D eigenvalue weighted by Gasteiger charge is -2.15. The van der Waals surface area contributed by atoms with Crippen molar-refractivity contribution < 1.29 is 26.3 Å². The van der Waals surface area contributed by atoms with E-state index >= 15 is 0 Å². The number of hydrogen-bond donors (Lipinski definition) is 1. The number of fused-ring (bicyclic) bond motifs is 1. The van der Waals surface area contributed by atoms with Gasteiger partial charge < -0.3 is 4.74 Å². The van der Waals surface area contributed by atoms with Crippen molar-refractivity contribution in [3.05, 3.63) is 57.6 Å². The van der Waals surface area contributed by atoms with Crippen LogP contribution in [0.2, 0.25) is 10.0 Å². The Morgan fingerprint density at radius 2 is 1.77 bits per heavy atom. The average molecular weight is 426 g/mol. The SMILES string of the molecule is O=S(=O)(N[C@@H]1CCc2c(Cl)cc(Cl)cc21)c1ccc(OC(F)(F)F)cc1. The second-order valence-corrected chi connectivity index (χ2v) is 8.24. The third kappa shape index (κ3) is 4.25. The highest BCUT2D eigenvalue weighted by Crippen LogP contribution is 2.38. The van der Waals surface area contributed by atoms with Gasteiger partial charge in [0.15, 0.2) is 0 Å². The van der Waals surface area contributed by atoms with Gasteiger partial charge in [-0.3, -0.25) is 0 Å². The van der Waals surface area contributed by atoms with Crippen LogP contribution in [0.1, 0.15) is 23.6 Å². The van der Waals surface area contributed by atoms with Crippen LogP contribution in [0, 0.1) is 0 Å². The standard InChI is InChI=1S/C16H12Cl2F3NO3S/c17-9-7-13-12(14(18)8-9)5-6-15(13)22-26(23,24)11-3-1-10(2-4-11)25-16(19,20)21/h1-4,7-8,15,22H,5-6H2/t15-/m1/s1. The molecule has 1 aliphatic rings. The predicted molar refractivity (Wildman–Crippen MR) is 91.0 cm³/mol. The second kappa shape index (κ2) is 6.92. The van der Waals surface area contributed by atoms with Gasteiger partial charge in [-0.25, -0.2) is 13.1 Å². The zero-order valence-corrected chi connectivity index (χ0v) is 15.3. The minimum atomic E-state index is -4.84. The molecule has 140 valence electrons. The van der Waals surface area contributed by atoms with Gasteiger partial charge in [-0.1, -0.05) is 23.2 Å². The molecular weight excluding hydrogens is 414 g/mol. The van der Waals surface area contributed by atoms with E-state index in [4.69, 9.17) is 23.2 Å². The third-order valence-electron chi connectivity index (χ3n) is 3.92. The Bertz CT molecular complexity index is 931. The maximum atomic E-state index is 12.5. The first-order chi connectivity index (χ1) is 12.0. The summed E-state index contributed by atoms with van der Waals surface area (Å²) in [7, 11) is -3.95. The molecule has 0 saturated carbocycles. The molecule has 0 unspecified atom stereocenters. The Morgan fingerprint density at radius 1 is 1.12 bits per heavy atom. The maximum absolute atomic E-state index is 12.5. The molecule has 1 atom stereocenters. The number of sulfonamides is 1. The van der Waals surface area contributed by atoms with Crippen molar-refractivity contribution >= 4 is 33.2 Å². The largest absolute Gasteiger partial charge is 0.573 e. The van der Waals surface area contributed by atoms with Crippen LogP contribution in [0.3, 0.4) is 0 Å². The van der Waals surface area contributed by atoms with Crippen LogP contribution < -0.4 is 9.46 Å². The topological polar surface area (TPSA) is 55.4 Å². The van der Waals surface area contributed by atoms with E-state index in [2.05, 4.69) is 9.46 Å². The van der Waals surface area contributed by atoms with Gasteiger partial charge in [-0.2, -0.15) is 0 Å². The quantitative estimate of drug-likeness (QED) is 0.760. The molecule has 3 rings (SSSR count). The average Bonchev–Trinajstić information content (AvgIpc) is 2.89. The van der Waals surface area contributed by atoms with Crippen molar-refractivity contribution in [1.29, 1.82) is 0 Å². The zero-order chi connectivity index (χ0) is 19.1. The number of hydrogen-bond acceptors (Lipinski definition) is 3. The summed E-state index contributed by atoms with van der Waals surface area (Å²) in [6, 6.07) is 6.71. The van der Waals surface area contributed by atoms with Crippen LogP contribution >= 0.6 is 23.2 Å². The van der Waals surface area contributed by atoms with Gasteiger partial charge in [-0.15, -0.1) is 13.2 Å². The number of ether oxygens (including phenoxy) is 1. The molecule has 1 N–H and O–H groups in total. The van der Waals surface area contributed by atoms with Crippen molar-refractivity contribution in [2.45, 2.75) is 30.1 Å². The molecule has 0 fully saturated rings. The molecule has 0 aromatic heterocycles. The molecule has 0 spiro atoms. The Labute approximate surface area is 157 Å². The zero-order valence-electron chi connectivity index (χ0n) is 13.0. The van der Waals surface area contributed by atoms with Crippen molar-refractivity contribution in [2.75, 3.05) is 0 Å². The molecule has 0 aliphatic heterocycles. The van der Waals surface area contributed by atoms with E-state index in [0.29, 0.717) is 28.5 Å². The molecule has 0 amide bonds. The van der Waals surface area contributed by atoms with Gasteiger partial charge in [0.25, 0.3) is 0 Å². The fourth-order valence-electron chi connectivity index (χ4n) is 2.84. The molecular formula is C16H12Cl2F3NO3S. The summed E-state index contributed by atoms with van der Waals surface area (Å²) in [4.78, 5) is -0.173. The molecule has 0 bridgehead atoms. The second-order valence-electron chi connectivity index (χ2n) is 5.69. The molecule has 10 heteroatoms. The number of nitrogens with one attached hydrogen (secondary N) is 1. The molecule has 26 heavy (non-hydrogen) atoms. The van der Waals surface area contributed by atoms with Gasteiger partial charge in [0, 0.05) is 16.1 Å². The Balaban J connectivity index is 1.81. The summed E-state index contributed by atoms with van der Waals surface area (Å²) in [6.45, 7) is 0. The number of alkyl halides is 3. The fourth-order valence-corrected chi connectivity index (χ4v) is 4.69. The van der Waals surface area contributed by atoms with Crippen molar-refractivity contribution in [3.63, 3.8) is 0 Å². The lowest BCUT2D eigenvalue weighted by atomic mass is 10.1. The summed E-state index contributed by atoms with van der Waals surface area (Å²) in [5.41, 5.74) is 1.53. The van der Waals surface area contributed by atoms with Gasteiger partial charge in [0.2, 0.25) is 10.0 Å². The van der Waals surface area contributed by atoms with Crippen LogP contribution in [0.4, 0.5) is 13.2 Å². The fraction of sp³-hybridized carbons (Fsp3) is 0.250. The minimum Gasteiger partial charge on any atom is -0.406 e. The monoisotopic (exact) mass is 425 g/mol. The first kappa shape index (κ1) is 19.3. The normalized spacial score (nSPS) is 17.2. The Morgan fingerprint density at radius 3 is 2.38 bits per heavy atom. The number of halogens is 5. The van der Waals surface area contributed by atoms with E-state index in [1.54, 1.807) is 12.1 Å². The Kier molecular flexibility index (Phi) is 5.13. The van der Waals surface area contributed by atoms with Crippen molar-refractivity contribution in [1.82, 2.24) is 4.72 Å². The van der Waals surface area contributed by atoms with Crippen LogP contribution in [0.15, 0.2) is 41.3 Å². The van der Waals surface area contributed by atoms with Gasteiger partial charge in [0.1, 0.15) is 5.75 Å². The highest BCUT2D eigenvalue weighted by atomic mass is 35.5. The maximum Gasteiger partial charge on any atom is 0.573 e. The van der Waals surface area contributed by atoms with E-state index in [0.717, 1.165) is 29.8 Å². The highest BCUT2D eigenvalue weighted by molar-refractivity contribution is 7.89. The van der Waals surface area contributed by atoms with Gasteiger partial charge in [-0.05, 0) is 60.4 Å². The summed E-state index contributed by atoms with van der Waals surface area (Å²) < 4.78 is 67.9. The van der Waals surface area contributed by atoms with Crippen molar-refractivity contribution in [2.24, 2.45) is 0 Å². The lowest BCUT2D eigenvalue weighted by molar-refractivity contribution is -0.274. The minimum absolute atomic E-state index is 0.173. The van der Waals surface area contributed by atoms with E-state index < -0.39 is 28.2 Å². The van der Waals surface area contributed by atoms with Crippen LogP contribution in [0.25, 0.3) is 0 Å². The van der Waals surface area contributed by atoms with Crippen LogP contribution in [0.5, 0.6) is 5.75 Å².